The summed E-state index contributed by atoms with van der Waals surface area (Å²) in [5, 5.41) is 12.7. The molecule has 1 amide bonds. The van der Waals surface area contributed by atoms with E-state index in [2.05, 4.69) is 48.4 Å². The molecule has 1 aromatic carbocycles. The third-order valence-electron chi connectivity index (χ3n) is 5.91. The summed E-state index contributed by atoms with van der Waals surface area (Å²) in [5.74, 6) is 0.926. The first-order chi connectivity index (χ1) is 17.5. The SMILES string of the molecule is CCOC(=O)c1c(NC(=O)CSc2nnc(C(C)Oc3ccc(C(C)(C)C)cc3)n2CC)sc(C)c1C. The lowest BCUT2D eigenvalue weighted by molar-refractivity contribution is -0.113. The number of hydrogen-bond acceptors (Lipinski definition) is 8. The topological polar surface area (TPSA) is 95.3 Å². The van der Waals surface area contributed by atoms with Crippen LogP contribution in [-0.2, 0) is 21.5 Å². The van der Waals surface area contributed by atoms with E-state index in [1.807, 2.05) is 44.4 Å². The first kappa shape index (κ1) is 28.7. The minimum atomic E-state index is -0.426. The maximum Gasteiger partial charge on any atom is 0.341 e. The van der Waals surface area contributed by atoms with Crippen molar-refractivity contribution in [1.29, 1.82) is 0 Å². The minimum absolute atomic E-state index is 0.0759. The van der Waals surface area contributed by atoms with Crippen LogP contribution in [0.1, 0.15) is 79.8 Å². The monoisotopic (exact) mass is 544 g/mol. The fourth-order valence-corrected chi connectivity index (χ4v) is 5.63. The van der Waals surface area contributed by atoms with Crippen molar-refractivity contribution in [1.82, 2.24) is 14.8 Å². The summed E-state index contributed by atoms with van der Waals surface area (Å²) in [4.78, 5) is 26.1. The predicted octanol–water partition coefficient (Wildman–Crippen LogP) is 6.32. The molecule has 1 N–H and O–H groups in total. The van der Waals surface area contributed by atoms with Crippen molar-refractivity contribution in [2.75, 3.05) is 17.7 Å². The van der Waals surface area contributed by atoms with Crippen LogP contribution in [0, 0.1) is 13.8 Å². The Balaban J connectivity index is 1.66. The van der Waals surface area contributed by atoms with E-state index in [1.165, 1.54) is 28.7 Å². The van der Waals surface area contributed by atoms with Gasteiger partial charge in [-0.3, -0.25) is 4.79 Å². The number of benzene rings is 1. The summed E-state index contributed by atoms with van der Waals surface area (Å²) < 4.78 is 13.3. The zero-order valence-electron chi connectivity index (χ0n) is 22.8. The Morgan fingerprint density at radius 1 is 1.14 bits per heavy atom. The van der Waals surface area contributed by atoms with Crippen molar-refractivity contribution in [3.8, 4) is 5.75 Å². The number of thiophene rings is 1. The van der Waals surface area contributed by atoms with Crippen LogP contribution in [0.15, 0.2) is 29.4 Å². The number of aromatic nitrogens is 3. The van der Waals surface area contributed by atoms with Crippen LogP contribution >= 0.6 is 23.1 Å². The Kier molecular flexibility index (Phi) is 9.41. The molecule has 2 aromatic heterocycles. The molecule has 0 aliphatic carbocycles. The highest BCUT2D eigenvalue weighted by Gasteiger charge is 2.23. The minimum Gasteiger partial charge on any atom is -0.483 e. The molecule has 3 aromatic rings. The molecular weight excluding hydrogens is 508 g/mol. The fourth-order valence-electron chi connectivity index (χ4n) is 3.75. The van der Waals surface area contributed by atoms with E-state index in [0.29, 0.717) is 28.1 Å². The molecule has 0 saturated carbocycles. The van der Waals surface area contributed by atoms with Crippen LogP contribution in [0.5, 0.6) is 5.75 Å². The van der Waals surface area contributed by atoms with Gasteiger partial charge in [-0.1, -0.05) is 44.7 Å². The van der Waals surface area contributed by atoms with Gasteiger partial charge in [-0.15, -0.1) is 21.5 Å². The molecule has 0 saturated heterocycles. The Morgan fingerprint density at radius 2 is 1.81 bits per heavy atom. The zero-order valence-corrected chi connectivity index (χ0v) is 24.4. The highest BCUT2D eigenvalue weighted by molar-refractivity contribution is 7.99. The van der Waals surface area contributed by atoms with Gasteiger partial charge in [0.1, 0.15) is 10.8 Å². The molecule has 1 atom stereocenters. The maximum absolute atomic E-state index is 12.8. The summed E-state index contributed by atoms with van der Waals surface area (Å²) in [6.07, 6.45) is -0.319. The van der Waals surface area contributed by atoms with Crippen LogP contribution in [-0.4, -0.2) is 39.0 Å². The third kappa shape index (κ3) is 6.93. The van der Waals surface area contributed by atoms with Crippen LogP contribution in [0.25, 0.3) is 0 Å². The first-order valence-electron chi connectivity index (χ1n) is 12.4. The van der Waals surface area contributed by atoms with E-state index < -0.39 is 5.97 Å². The summed E-state index contributed by atoms with van der Waals surface area (Å²) >= 11 is 2.67. The largest absolute Gasteiger partial charge is 0.483 e. The summed E-state index contributed by atoms with van der Waals surface area (Å²) in [6, 6.07) is 8.11. The second kappa shape index (κ2) is 12.1. The van der Waals surface area contributed by atoms with Crippen molar-refractivity contribution in [3.63, 3.8) is 0 Å². The Labute approximate surface area is 227 Å². The Hall–Kier alpha value is -2.85. The number of nitrogens with zero attached hydrogens (tertiary/aromatic N) is 3. The Bertz CT molecular complexity index is 1240. The first-order valence-corrected chi connectivity index (χ1v) is 14.2. The lowest BCUT2D eigenvalue weighted by atomic mass is 9.87. The van der Waals surface area contributed by atoms with E-state index in [-0.39, 0.29) is 29.8 Å². The lowest BCUT2D eigenvalue weighted by Gasteiger charge is -2.20. The molecule has 8 nitrogen and oxygen atoms in total. The number of nitrogens with one attached hydrogen (secondary N) is 1. The highest BCUT2D eigenvalue weighted by atomic mass is 32.2. The molecule has 0 aliphatic heterocycles. The van der Waals surface area contributed by atoms with Gasteiger partial charge in [0, 0.05) is 11.4 Å². The normalized spacial score (nSPS) is 12.3. The number of ether oxygens (including phenoxy) is 2. The number of carbonyl (C=O) groups excluding carboxylic acids is 2. The second-order valence-electron chi connectivity index (χ2n) is 9.66. The smallest absolute Gasteiger partial charge is 0.341 e. The summed E-state index contributed by atoms with van der Waals surface area (Å²) in [5.41, 5.74) is 2.56. The number of anilines is 1. The van der Waals surface area contributed by atoms with E-state index in [4.69, 9.17) is 9.47 Å². The second-order valence-corrected chi connectivity index (χ2v) is 11.8. The van der Waals surface area contributed by atoms with E-state index in [1.54, 1.807) is 6.92 Å². The van der Waals surface area contributed by atoms with Crippen LogP contribution in [0.3, 0.4) is 0 Å². The quantitative estimate of drug-likeness (QED) is 0.236. The Morgan fingerprint density at radius 3 is 2.41 bits per heavy atom. The van der Waals surface area contributed by atoms with Gasteiger partial charge in [-0.2, -0.15) is 0 Å². The number of rotatable bonds is 10. The van der Waals surface area contributed by atoms with Crippen molar-refractivity contribution in [2.24, 2.45) is 0 Å². The number of thioether (sulfide) groups is 1. The molecule has 0 radical (unpaired) electrons. The van der Waals surface area contributed by atoms with Gasteiger partial charge in [0.25, 0.3) is 0 Å². The number of carbonyl (C=O) groups is 2. The van der Waals surface area contributed by atoms with Gasteiger partial charge >= 0.3 is 5.97 Å². The third-order valence-corrected chi connectivity index (χ3v) is 8.00. The number of aryl methyl sites for hydroxylation is 1. The summed E-state index contributed by atoms with van der Waals surface area (Å²) in [7, 11) is 0. The molecular formula is C27H36N4O4S2. The van der Waals surface area contributed by atoms with Crippen LogP contribution in [0.2, 0.25) is 0 Å². The van der Waals surface area contributed by atoms with Gasteiger partial charge in [0.15, 0.2) is 17.1 Å². The molecule has 0 fully saturated rings. The maximum atomic E-state index is 12.8. The van der Waals surface area contributed by atoms with Gasteiger partial charge in [-0.25, -0.2) is 4.79 Å². The molecule has 3 rings (SSSR count). The lowest BCUT2D eigenvalue weighted by Crippen LogP contribution is -2.17. The van der Waals surface area contributed by atoms with Crippen molar-refractivity contribution in [3.05, 3.63) is 51.7 Å². The summed E-state index contributed by atoms with van der Waals surface area (Å²) in [6.45, 7) is 16.9. The number of amides is 1. The van der Waals surface area contributed by atoms with E-state index in [0.717, 1.165) is 16.2 Å². The van der Waals surface area contributed by atoms with E-state index in [9.17, 15) is 9.59 Å². The zero-order chi connectivity index (χ0) is 27.3. The van der Waals surface area contributed by atoms with Gasteiger partial charge < -0.3 is 19.4 Å². The highest BCUT2D eigenvalue weighted by Crippen LogP contribution is 2.33. The average molecular weight is 545 g/mol. The molecule has 1 unspecified atom stereocenters. The molecule has 10 heteroatoms. The van der Waals surface area contributed by atoms with Gasteiger partial charge in [0.05, 0.1) is 17.9 Å². The van der Waals surface area contributed by atoms with Crippen molar-refractivity contribution in [2.45, 2.75) is 78.6 Å². The molecule has 2 heterocycles. The predicted molar refractivity (Wildman–Crippen MR) is 149 cm³/mol. The van der Waals surface area contributed by atoms with Crippen LogP contribution < -0.4 is 10.1 Å². The van der Waals surface area contributed by atoms with Crippen LogP contribution in [0.4, 0.5) is 5.00 Å². The average Bonchev–Trinajstić information content (AvgIpc) is 3.37. The standard InChI is InChI=1S/C27H36N4O4S2/c1-9-31-23(17(4)35-20-13-11-19(12-14-20)27(6,7)8)29-30-26(31)36-15-21(32)28-24-22(25(33)34-10-2)16(3)18(5)37-24/h11-14,17H,9-10,15H2,1-8H3,(H,28,32). The fraction of sp³-hybridized carbons (Fsp3) is 0.481. The molecule has 0 bridgehead atoms. The van der Waals surface area contributed by atoms with Gasteiger partial charge in [-0.05, 0) is 63.3 Å². The van der Waals surface area contributed by atoms with Gasteiger partial charge in [0.2, 0.25) is 5.91 Å². The van der Waals surface area contributed by atoms with Crippen molar-refractivity contribution >= 4 is 40.0 Å². The molecule has 200 valence electrons. The van der Waals surface area contributed by atoms with Crippen molar-refractivity contribution < 1.29 is 19.1 Å². The molecule has 0 aliphatic rings. The number of esters is 1. The van der Waals surface area contributed by atoms with E-state index >= 15 is 0 Å². The number of hydrogen-bond donors (Lipinski definition) is 1. The molecule has 37 heavy (non-hydrogen) atoms. The molecule has 0 spiro atoms.